The molecular formula is C31H20O14. The summed E-state index contributed by atoms with van der Waals surface area (Å²) in [5.74, 6) is -9.92. The highest BCUT2D eigenvalue weighted by Gasteiger charge is 2.50. The van der Waals surface area contributed by atoms with Crippen molar-refractivity contribution in [3.63, 3.8) is 0 Å². The van der Waals surface area contributed by atoms with E-state index in [9.17, 15) is 59.4 Å². The Balaban J connectivity index is 1.67. The van der Waals surface area contributed by atoms with Crippen LogP contribution in [0.2, 0.25) is 0 Å². The second kappa shape index (κ2) is 12.3. The molecule has 0 heterocycles. The van der Waals surface area contributed by atoms with Crippen LogP contribution < -0.4 is 9.47 Å². The lowest BCUT2D eigenvalue weighted by atomic mass is 9.74. The monoisotopic (exact) mass is 616 g/mol. The summed E-state index contributed by atoms with van der Waals surface area (Å²) >= 11 is 0. The number of ether oxygens (including phenoxy) is 2. The van der Waals surface area contributed by atoms with Crippen LogP contribution in [0, 0.1) is 0 Å². The maximum Gasteiger partial charge on any atom is 0.340 e. The van der Waals surface area contributed by atoms with Crippen LogP contribution in [0.3, 0.4) is 0 Å². The molecule has 14 nitrogen and oxygen atoms in total. The first-order chi connectivity index (χ1) is 21.3. The molecule has 0 aliphatic carbocycles. The SMILES string of the molecule is O=C(O)c1ccc(Oc2ccc(C(C(=O)O)(C(=O)O)c3ccc(Oc4cccc(C(=O)O)c4C(=O)O)cc3)cc2)cc1C(=O)O. The van der Waals surface area contributed by atoms with Crippen molar-refractivity contribution >= 4 is 35.8 Å². The van der Waals surface area contributed by atoms with Gasteiger partial charge in [0.2, 0.25) is 5.41 Å². The number of benzene rings is 4. The van der Waals surface area contributed by atoms with E-state index < -0.39 is 63.5 Å². The summed E-state index contributed by atoms with van der Waals surface area (Å²) in [5, 5.41) is 57.7. The molecule has 4 aromatic rings. The van der Waals surface area contributed by atoms with Crippen LogP contribution >= 0.6 is 0 Å². The van der Waals surface area contributed by atoms with Crippen LogP contribution in [0.4, 0.5) is 0 Å². The molecule has 0 saturated heterocycles. The van der Waals surface area contributed by atoms with Gasteiger partial charge in [-0.05, 0) is 65.7 Å². The number of hydrogen-bond donors (Lipinski definition) is 6. The van der Waals surface area contributed by atoms with Gasteiger partial charge in [0.1, 0.15) is 28.6 Å². The predicted octanol–water partition coefficient (Wildman–Crippen LogP) is 4.52. The summed E-state index contributed by atoms with van der Waals surface area (Å²) in [6.45, 7) is 0. The molecule has 14 heteroatoms. The fourth-order valence-corrected chi connectivity index (χ4v) is 4.53. The normalized spacial score (nSPS) is 10.8. The molecule has 0 radical (unpaired) electrons. The Hall–Kier alpha value is -6.70. The summed E-state index contributed by atoms with van der Waals surface area (Å²) in [4.78, 5) is 71.0. The summed E-state index contributed by atoms with van der Waals surface area (Å²) in [5.41, 5.74) is -5.24. The second-order valence-corrected chi connectivity index (χ2v) is 9.22. The van der Waals surface area contributed by atoms with Gasteiger partial charge in [0.15, 0.2) is 0 Å². The van der Waals surface area contributed by atoms with Gasteiger partial charge in [-0.3, -0.25) is 9.59 Å². The molecule has 0 aliphatic heterocycles. The van der Waals surface area contributed by atoms with E-state index in [0.29, 0.717) is 0 Å². The molecule has 0 atom stereocenters. The molecular weight excluding hydrogens is 596 g/mol. The number of carbonyl (C=O) groups is 6. The molecule has 0 aromatic heterocycles. The van der Waals surface area contributed by atoms with Crippen molar-refractivity contribution in [2.24, 2.45) is 0 Å². The van der Waals surface area contributed by atoms with Crippen molar-refractivity contribution in [1.82, 2.24) is 0 Å². The third kappa shape index (κ3) is 5.96. The first kappa shape index (κ1) is 31.2. The highest BCUT2D eigenvalue weighted by atomic mass is 16.5. The van der Waals surface area contributed by atoms with Gasteiger partial charge in [0.25, 0.3) is 0 Å². The van der Waals surface area contributed by atoms with Crippen molar-refractivity contribution in [1.29, 1.82) is 0 Å². The first-order valence-corrected chi connectivity index (χ1v) is 12.5. The number of aromatic carboxylic acids is 4. The Kier molecular flexibility index (Phi) is 8.52. The minimum absolute atomic E-state index is 0.0458. The van der Waals surface area contributed by atoms with E-state index in [1.165, 1.54) is 54.6 Å². The van der Waals surface area contributed by atoms with E-state index in [1.807, 2.05) is 0 Å². The predicted molar refractivity (Wildman–Crippen MR) is 150 cm³/mol. The number of carboxylic acids is 6. The second-order valence-electron chi connectivity index (χ2n) is 9.22. The van der Waals surface area contributed by atoms with Crippen molar-refractivity contribution < 1.29 is 68.9 Å². The van der Waals surface area contributed by atoms with E-state index in [2.05, 4.69) is 0 Å². The van der Waals surface area contributed by atoms with Gasteiger partial charge in [-0.1, -0.05) is 30.3 Å². The molecule has 0 unspecified atom stereocenters. The fourth-order valence-electron chi connectivity index (χ4n) is 4.53. The van der Waals surface area contributed by atoms with Crippen molar-refractivity contribution in [2.75, 3.05) is 0 Å². The molecule has 6 N–H and O–H groups in total. The van der Waals surface area contributed by atoms with Gasteiger partial charge in [-0.25, -0.2) is 19.2 Å². The largest absolute Gasteiger partial charge is 0.480 e. The summed E-state index contributed by atoms with van der Waals surface area (Å²) in [7, 11) is 0. The Morgan fingerprint density at radius 3 is 1.38 bits per heavy atom. The van der Waals surface area contributed by atoms with Crippen molar-refractivity contribution in [2.45, 2.75) is 5.41 Å². The molecule has 0 amide bonds. The van der Waals surface area contributed by atoms with Gasteiger partial charge in [-0.2, -0.15) is 0 Å². The molecule has 228 valence electrons. The van der Waals surface area contributed by atoms with Crippen molar-refractivity contribution in [3.8, 4) is 23.0 Å². The van der Waals surface area contributed by atoms with Crippen LogP contribution in [0.25, 0.3) is 0 Å². The zero-order valence-corrected chi connectivity index (χ0v) is 22.5. The van der Waals surface area contributed by atoms with E-state index in [1.54, 1.807) is 0 Å². The third-order valence-electron chi connectivity index (χ3n) is 6.60. The first-order valence-electron chi connectivity index (χ1n) is 12.5. The lowest BCUT2D eigenvalue weighted by Crippen LogP contribution is -2.44. The van der Waals surface area contributed by atoms with Gasteiger partial charge >= 0.3 is 35.8 Å². The van der Waals surface area contributed by atoms with Gasteiger partial charge in [0, 0.05) is 0 Å². The topological polar surface area (TPSA) is 242 Å². The number of hydrogen-bond acceptors (Lipinski definition) is 8. The Labute approximate surface area is 251 Å². The molecule has 0 saturated carbocycles. The van der Waals surface area contributed by atoms with E-state index >= 15 is 0 Å². The van der Waals surface area contributed by atoms with E-state index in [4.69, 9.17) is 9.47 Å². The third-order valence-corrected chi connectivity index (χ3v) is 6.60. The zero-order valence-electron chi connectivity index (χ0n) is 22.5. The molecule has 0 fully saturated rings. The molecule has 4 aromatic carbocycles. The van der Waals surface area contributed by atoms with Crippen LogP contribution in [-0.4, -0.2) is 66.5 Å². The maximum atomic E-state index is 12.6. The van der Waals surface area contributed by atoms with E-state index in [-0.39, 0.29) is 34.1 Å². The number of aliphatic carboxylic acids is 2. The Bertz CT molecular complexity index is 1840. The lowest BCUT2D eigenvalue weighted by molar-refractivity contribution is -0.155. The van der Waals surface area contributed by atoms with Crippen LogP contribution in [-0.2, 0) is 15.0 Å². The maximum absolute atomic E-state index is 12.6. The number of carboxylic acid groups (broad SMARTS) is 6. The fraction of sp³-hybridized carbons (Fsp3) is 0.0323. The van der Waals surface area contributed by atoms with Gasteiger partial charge < -0.3 is 40.1 Å². The molecule has 0 bridgehead atoms. The average Bonchev–Trinajstić information content (AvgIpc) is 2.98. The van der Waals surface area contributed by atoms with Crippen molar-refractivity contribution in [3.05, 3.63) is 118 Å². The van der Waals surface area contributed by atoms with Crippen LogP contribution in [0.1, 0.15) is 52.6 Å². The van der Waals surface area contributed by atoms with Crippen LogP contribution in [0.15, 0.2) is 84.9 Å². The minimum Gasteiger partial charge on any atom is -0.480 e. The molecule has 4 rings (SSSR count). The summed E-state index contributed by atoms with van der Waals surface area (Å²) in [6, 6.07) is 16.3. The summed E-state index contributed by atoms with van der Waals surface area (Å²) < 4.78 is 11.1. The minimum atomic E-state index is -2.65. The molecule has 0 aliphatic rings. The highest BCUT2D eigenvalue weighted by molar-refractivity contribution is 6.09. The van der Waals surface area contributed by atoms with Crippen LogP contribution in [0.5, 0.6) is 23.0 Å². The summed E-state index contributed by atoms with van der Waals surface area (Å²) in [6.07, 6.45) is 0. The Morgan fingerprint density at radius 2 is 0.933 bits per heavy atom. The average molecular weight is 616 g/mol. The van der Waals surface area contributed by atoms with Gasteiger partial charge in [-0.15, -0.1) is 0 Å². The number of rotatable bonds is 12. The van der Waals surface area contributed by atoms with E-state index in [0.717, 1.165) is 30.3 Å². The quantitative estimate of drug-likeness (QED) is 0.120. The smallest absolute Gasteiger partial charge is 0.340 e. The lowest BCUT2D eigenvalue weighted by Gasteiger charge is -2.26. The molecule has 45 heavy (non-hydrogen) atoms. The zero-order chi connectivity index (χ0) is 33.1. The standard InChI is InChI=1S/C31H20O14/c32-25(33)20-13-12-19(14-22(20)27(36)37)44-17-8-4-15(5-9-17)31(29(40)41,30(42)43)16-6-10-18(11-7-16)45-23-3-1-2-21(26(34)35)24(23)28(38)39/h1-14H,(H,32,33)(H,34,35)(H,36,37)(H,38,39)(H,40,41)(H,42,43). The molecule has 0 spiro atoms. The van der Waals surface area contributed by atoms with Gasteiger partial charge in [0.05, 0.1) is 16.7 Å². The Morgan fingerprint density at radius 1 is 0.467 bits per heavy atom. The highest BCUT2D eigenvalue weighted by Crippen LogP contribution is 2.37.